The van der Waals surface area contributed by atoms with Crippen LogP contribution in [0.3, 0.4) is 0 Å². The first-order chi connectivity index (χ1) is 23.9. The lowest BCUT2D eigenvalue weighted by atomic mass is 9.99. The molecule has 7 rings (SSSR count). The molecule has 0 aliphatic carbocycles. The fraction of sp³-hybridized carbons (Fsp3) is 0.378. The highest BCUT2D eigenvalue weighted by Crippen LogP contribution is 2.35. The summed E-state index contributed by atoms with van der Waals surface area (Å²) in [7, 11) is 3.17. The first-order valence-corrected chi connectivity index (χ1v) is 17.1. The molecule has 2 atom stereocenters. The van der Waals surface area contributed by atoms with Gasteiger partial charge in [-0.15, -0.1) is 0 Å². The molecule has 2 aliphatic rings. The molecule has 4 N–H and O–H groups in total. The van der Waals surface area contributed by atoms with Gasteiger partial charge in [0.25, 0.3) is 0 Å². The highest BCUT2D eigenvalue weighted by molar-refractivity contribution is 5.92. The third-order valence-electron chi connectivity index (χ3n) is 9.73. The SMILES string of the molecule is CNCCC(=O)N1CCC[C@H]1c1nc(-c2ccc3cc(-c4ccc5[nH]c([C@@H]6CCCN6C(=O)CCNC(=O)OC)nc5c4)ccc3c2)c[nH]1. The molecule has 2 aliphatic heterocycles. The summed E-state index contributed by atoms with van der Waals surface area (Å²) in [4.78, 5) is 57.5. The smallest absolute Gasteiger partial charge is 0.406 e. The number of hydrogen-bond acceptors (Lipinski definition) is 7. The van der Waals surface area contributed by atoms with Crippen molar-refractivity contribution in [2.75, 3.05) is 40.3 Å². The Morgan fingerprint density at radius 2 is 1.45 bits per heavy atom. The topological polar surface area (TPSA) is 148 Å². The standard InChI is InChI=1S/C37H42N8O4/c1-38-15-13-33(46)44-17-3-5-31(44)35-40-22-30(43-35)27-10-9-23-19-24(7-8-25(23)20-27)26-11-12-28-29(21-26)42-36(41-28)32-6-4-18-45(32)34(47)14-16-39-37(48)49-2/h7-12,19-22,31-32,38H,3-6,13-18H2,1-2H3,(H,39,48)(H,40,43)(H,41,42)/t31-,32-/m0/s1. The summed E-state index contributed by atoms with van der Waals surface area (Å²) in [5.41, 5.74) is 5.83. The Kier molecular flexibility index (Phi) is 9.30. The van der Waals surface area contributed by atoms with E-state index in [1.165, 1.54) is 7.11 Å². The van der Waals surface area contributed by atoms with Crippen molar-refractivity contribution in [2.45, 2.75) is 50.6 Å². The minimum absolute atomic E-state index is 0.00880. The molecule has 0 radical (unpaired) electrons. The normalized spacial score (nSPS) is 17.7. The van der Waals surface area contributed by atoms with Gasteiger partial charge in [-0.2, -0.15) is 0 Å². The predicted octanol–water partition coefficient (Wildman–Crippen LogP) is 5.46. The van der Waals surface area contributed by atoms with Gasteiger partial charge in [0.1, 0.15) is 11.6 Å². The molecule has 2 aromatic heterocycles. The van der Waals surface area contributed by atoms with Crippen molar-refractivity contribution < 1.29 is 19.1 Å². The lowest BCUT2D eigenvalue weighted by Gasteiger charge is -2.23. The summed E-state index contributed by atoms with van der Waals surface area (Å²) in [6.45, 7) is 2.35. The molecule has 5 aromatic rings. The van der Waals surface area contributed by atoms with Crippen LogP contribution in [0.2, 0.25) is 0 Å². The quantitative estimate of drug-likeness (QED) is 0.155. The monoisotopic (exact) mass is 662 g/mol. The van der Waals surface area contributed by atoms with Crippen LogP contribution in [-0.4, -0.2) is 88.0 Å². The molecule has 3 aromatic carbocycles. The van der Waals surface area contributed by atoms with Crippen LogP contribution in [0.1, 0.15) is 62.3 Å². The zero-order chi connectivity index (χ0) is 33.9. The van der Waals surface area contributed by atoms with Crippen molar-refractivity contribution >= 4 is 39.7 Å². The Bertz CT molecular complexity index is 2000. The van der Waals surface area contributed by atoms with Crippen LogP contribution in [-0.2, 0) is 14.3 Å². The second kappa shape index (κ2) is 14.1. The number of alkyl carbamates (subject to hydrolysis) is 1. The summed E-state index contributed by atoms with van der Waals surface area (Å²) in [6.07, 6.45) is 5.74. The van der Waals surface area contributed by atoms with Gasteiger partial charge in [-0.05, 0) is 78.9 Å². The van der Waals surface area contributed by atoms with E-state index in [1.807, 2.05) is 29.1 Å². The number of ether oxygens (including phenoxy) is 1. The second-order valence-corrected chi connectivity index (χ2v) is 12.8. The first-order valence-electron chi connectivity index (χ1n) is 17.1. The van der Waals surface area contributed by atoms with E-state index in [-0.39, 0.29) is 36.9 Å². The number of hydrogen-bond donors (Lipinski definition) is 4. The summed E-state index contributed by atoms with van der Waals surface area (Å²) in [6, 6.07) is 18.9. The summed E-state index contributed by atoms with van der Waals surface area (Å²) >= 11 is 0. The number of rotatable bonds is 10. The Balaban J connectivity index is 1.06. The first kappa shape index (κ1) is 32.3. The number of benzene rings is 3. The van der Waals surface area contributed by atoms with E-state index in [2.05, 4.69) is 73.9 Å². The number of likely N-dealkylation sites (tertiary alicyclic amines) is 2. The Morgan fingerprint density at radius 3 is 2.16 bits per heavy atom. The summed E-state index contributed by atoms with van der Waals surface area (Å²) < 4.78 is 4.59. The fourth-order valence-electron chi connectivity index (χ4n) is 7.16. The van der Waals surface area contributed by atoms with Crippen molar-refractivity contribution in [3.05, 3.63) is 72.4 Å². The number of H-pyrrole nitrogens is 2. The molecule has 49 heavy (non-hydrogen) atoms. The number of carbonyl (C=O) groups is 3. The van der Waals surface area contributed by atoms with Crippen LogP contribution in [0.4, 0.5) is 4.79 Å². The van der Waals surface area contributed by atoms with Gasteiger partial charge in [-0.1, -0.05) is 30.3 Å². The molecule has 254 valence electrons. The Hall–Kier alpha value is -5.23. The van der Waals surface area contributed by atoms with Crippen LogP contribution in [0.25, 0.3) is 44.2 Å². The molecule has 2 fully saturated rings. The Labute approximate surface area is 284 Å². The maximum Gasteiger partial charge on any atom is 0.406 e. The van der Waals surface area contributed by atoms with E-state index in [4.69, 9.17) is 9.97 Å². The highest BCUT2D eigenvalue weighted by atomic mass is 16.5. The fourth-order valence-corrected chi connectivity index (χ4v) is 7.16. The van der Waals surface area contributed by atoms with Gasteiger partial charge in [0.05, 0.1) is 35.9 Å². The third kappa shape index (κ3) is 6.73. The van der Waals surface area contributed by atoms with Gasteiger partial charge in [-0.25, -0.2) is 14.8 Å². The van der Waals surface area contributed by atoms with Crippen LogP contribution in [0.5, 0.6) is 0 Å². The largest absolute Gasteiger partial charge is 0.453 e. The van der Waals surface area contributed by atoms with E-state index in [9.17, 15) is 14.4 Å². The maximum absolute atomic E-state index is 13.0. The number of imidazole rings is 2. The van der Waals surface area contributed by atoms with E-state index in [0.29, 0.717) is 19.5 Å². The molecule has 4 heterocycles. The molecule has 2 saturated heterocycles. The second-order valence-electron chi connectivity index (χ2n) is 12.8. The number of nitrogens with zero attached hydrogens (tertiary/aromatic N) is 4. The summed E-state index contributed by atoms with van der Waals surface area (Å²) in [5, 5.41) is 7.88. The average molecular weight is 663 g/mol. The number of carbonyl (C=O) groups excluding carboxylic acids is 3. The van der Waals surface area contributed by atoms with Crippen molar-refractivity contribution in [1.29, 1.82) is 0 Å². The highest BCUT2D eigenvalue weighted by Gasteiger charge is 2.33. The van der Waals surface area contributed by atoms with Crippen LogP contribution in [0.15, 0.2) is 60.8 Å². The van der Waals surface area contributed by atoms with E-state index in [0.717, 1.165) is 88.1 Å². The van der Waals surface area contributed by atoms with Crippen molar-refractivity contribution in [1.82, 2.24) is 40.4 Å². The van der Waals surface area contributed by atoms with Gasteiger partial charge >= 0.3 is 6.09 Å². The number of methoxy groups -OCH3 is 1. The maximum atomic E-state index is 13.0. The van der Waals surface area contributed by atoms with Crippen molar-refractivity contribution in [3.8, 4) is 22.4 Å². The molecule has 3 amide bonds. The molecule has 0 spiro atoms. The third-order valence-corrected chi connectivity index (χ3v) is 9.73. The number of aromatic nitrogens is 4. The van der Waals surface area contributed by atoms with Gasteiger partial charge in [0.15, 0.2) is 0 Å². The minimum atomic E-state index is -0.541. The lowest BCUT2D eigenvalue weighted by Crippen LogP contribution is -2.34. The van der Waals surface area contributed by atoms with Crippen LogP contribution >= 0.6 is 0 Å². The van der Waals surface area contributed by atoms with E-state index >= 15 is 0 Å². The van der Waals surface area contributed by atoms with E-state index < -0.39 is 6.09 Å². The van der Waals surface area contributed by atoms with Gasteiger partial charge in [0, 0.05) is 50.8 Å². The zero-order valence-electron chi connectivity index (χ0n) is 27.9. The van der Waals surface area contributed by atoms with Crippen LogP contribution < -0.4 is 10.6 Å². The number of fused-ring (bicyclic) bond motifs is 2. The minimum Gasteiger partial charge on any atom is -0.453 e. The van der Waals surface area contributed by atoms with Gasteiger partial charge in [-0.3, -0.25) is 9.59 Å². The molecular weight excluding hydrogens is 620 g/mol. The van der Waals surface area contributed by atoms with Crippen molar-refractivity contribution in [2.24, 2.45) is 0 Å². The van der Waals surface area contributed by atoms with E-state index in [1.54, 1.807) is 0 Å². The predicted molar refractivity (Wildman–Crippen MR) is 188 cm³/mol. The molecule has 12 nitrogen and oxygen atoms in total. The average Bonchev–Trinajstić information content (AvgIpc) is 3.95. The number of amides is 3. The van der Waals surface area contributed by atoms with Gasteiger partial charge in [0.2, 0.25) is 11.8 Å². The summed E-state index contributed by atoms with van der Waals surface area (Å²) in [5.74, 6) is 1.78. The molecule has 0 bridgehead atoms. The Morgan fingerprint density at radius 1 is 0.816 bits per heavy atom. The molecule has 0 unspecified atom stereocenters. The van der Waals surface area contributed by atoms with Gasteiger partial charge < -0.3 is 35.1 Å². The zero-order valence-corrected chi connectivity index (χ0v) is 27.9. The molecular formula is C37H42N8O4. The lowest BCUT2D eigenvalue weighted by molar-refractivity contribution is -0.132. The number of nitrogens with one attached hydrogen (secondary N) is 4. The van der Waals surface area contributed by atoms with Crippen LogP contribution in [0, 0.1) is 0 Å². The number of aromatic amines is 2. The molecule has 0 saturated carbocycles. The van der Waals surface area contributed by atoms with Crippen molar-refractivity contribution in [3.63, 3.8) is 0 Å². The molecule has 12 heteroatoms.